The molecular weight excluding hydrogens is 268 g/mol. The SMILES string of the molecule is CC(C)CC(C)OCc1c(C(=O)NN)oc2ccccc12. The van der Waals surface area contributed by atoms with Gasteiger partial charge >= 0.3 is 5.91 Å². The summed E-state index contributed by atoms with van der Waals surface area (Å²) in [7, 11) is 0. The summed E-state index contributed by atoms with van der Waals surface area (Å²) in [5.74, 6) is 5.55. The van der Waals surface area contributed by atoms with Gasteiger partial charge in [0.1, 0.15) is 5.58 Å². The number of hydrazine groups is 1. The van der Waals surface area contributed by atoms with Gasteiger partial charge in [-0.05, 0) is 25.3 Å². The highest BCUT2D eigenvalue weighted by Crippen LogP contribution is 2.27. The van der Waals surface area contributed by atoms with E-state index in [1.165, 1.54) is 0 Å². The zero-order chi connectivity index (χ0) is 15.4. The van der Waals surface area contributed by atoms with E-state index in [0.29, 0.717) is 18.1 Å². The van der Waals surface area contributed by atoms with Gasteiger partial charge < -0.3 is 9.15 Å². The number of ether oxygens (including phenoxy) is 1. The molecule has 1 unspecified atom stereocenters. The maximum atomic E-state index is 11.8. The van der Waals surface area contributed by atoms with Crippen molar-refractivity contribution in [2.24, 2.45) is 11.8 Å². The maximum Gasteiger partial charge on any atom is 0.301 e. The third-order valence-corrected chi connectivity index (χ3v) is 3.35. The van der Waals surface area contributed by atoms with Crippen LogP contribution in [0.5, 0.6) is 0 Å². The summed E-state index contributed by atoms with van der Waals surface area (Å²) in [5, 5.41) is 0.882. The van der Waals surface area contributed by atoms with Gasteiger partial charge in [-0.25, -0.2) is 5.84 Å². The lowest BCUT2D eigenvalue weighted by atomic mass is 10.1. The predicted molar refractivity (Wildman–Crippen MR) is 81.6 cm³/mol. The normalized spacial score (nSPS) is 12.8. The maximum absolute atomic E-state index is 11.8. The number of furan rings is 1. The summed E-state index contributed by atoms with van der Waals surface area (Å²) >= 11 is 0. The van der Waals surface area contributed by atoms with E-state index in [-0.39, 0.29) is 11.9 Å². The van der Waals surface area contributed by atoms with Crippen LogP contribution >= 0.6 is 0 Å². The standard InChI is InChI=1S/C16H22N2O3/c1-10(2)8-11(3)20-9-13-12-6-4-5-7-14(12)21-15(13)16(19)18-17/h4-7,10-11H,8-9,17H2,1-3H3,(H,18,19). The molecule has 5 heteroatoms. The number of hydrogen-bond donors (Lipinski definition) is 2. The topological polar surface area (TPSA) is 77.5 Å². The van der Waals surface area contributed by atoms with Crippen molar-refractivity contribution in [3.8, 4) is 0 Å². The largest absolute Gasteiger partial charge is 0.450 e. The summed E-state index contributed by atoms with van der Waals surface area (Å²) in [6.45, 7) is 6.67. The van der Waals surface area contributed by atoms with E-state index in [1.54, 1.807) is 0 Å². The smallest absolute Gasteiger partial charge is 0.301 e. The van der Waals surface area contributed by atoms with Crippen LogP contribution in [-0.4, -0.2) is 12.0 Å². The molecule has 114 valence electrons. The summed E-state index contributed by atoms with van der Waals surface area (Å²) in [6, 6.07) is 7.51. The monoisotopic (exact) mass is 290 g/mol. The lowest BCUT2D eigenvalue weighted by molar-refractivity contribution is 0.0392. The van der Waals surface area contributed by atoms with Gasteiger partial charge in [-0.15, -0.1) is 0 Å². The number of fused-ring (bicyclic) bond motifs is 1. The van der Waals surface area contributed by atoms with Crippen LogP contribution in [0.15, 0.2) is 28.7 Å². The second-order valence-electron chi connectivity index (χ2n) is 5.63. The number of para-hydroxylation sites is 1. The molecule has 0 saturated carbocycles. The Bertz CT molecular complexity index is 619. The van der Waals surface area contributed by atoms with Crippen LogP contribution in [0.1, 0.15) is 43.3 Å². The molecular formula is C16H22N2O3. The Balaban J connectivity index is 2.26. The van der Waals surface area contributed by atoms with Crippen LogP contribution < -0.4 is 11.3 Å². The molecule has 0 fully saturated rings. The van der Waals surface area contributed by atoms with E-state index in [4.69, 9.17) is 15.0 Å². The van der Waals surface area contributed by atoms with E-state index in [1.807, 2.05) is 31.2 Å². The van der Waals surface area contributed by atoms with Crippen molar-refractivity contribution < 1.29 is 13.9 Å². The molecule has 2 rings (SSSR count). The number of carbonyl (C=O) groups is 1. The Morgan fingerprint density at radius 3 is 2.71 bits per heavy atom. The molecule has 1 aromatic heterocycles. The summed E-state index contributed by atoms with van der Waals surface area (Å²) in [5.41, 5.74) is 3.51. The van der Waals surface area contributed by atoms with Gasteiger partial charge in [-0.3, -0.25) is 10.2 Å². The average Bonchev–Trinajstić information content (AvgIpc) is 2.82. The van der Waals surface area contributed by atoms with Gasteiger partial charge in [0.15, 0.2) is 5.76 Å². The molecule has 21 heavy (non-hydrogen) atoms. The Morgan fingerprint density at radius 2 is 2.05 bits per heavy atom. The Morgan fingerprint density at radius 1 is 1.33 bits per heavy atom. The fourth-order valence-corrected chi connectivity index (χ4v) is 2.45. The second kappa shape index (κ2) is 6.74. The highest BCUT2D eigenvalue weighted by Gasteiger charge is 2.20. The van der Waals surface area contributed by atoms with Crippen molar-refractivity contribution in [2.45, 2.75) is 39.9 Å². The van der Waals surface area contributed by atoms with Crippen LogP contribution in [0.3, 0.4) is 0 Å². The third kappa shape index (κ3) is 3.62. The molecule has 0 aliphatic rings. The quantitative estimate of drug-likeness (QED) is 0.487. The molecule has 0 aliphatic carbocycles. The molecule has 5 nitrogen and oxygen atoms in total. The van der Waals surface area contributed by atoms with Crippen LogP contribution in [0.4, 0.5) is 0 Å². The van der Waals surface area contributed by atoms with Gasteiger partial charge in [0.25, 0.3) is 0 Å². The first-order valence-corrected chi connectivity index (χ1v) is 7.15. The lowest BCUT2D eigenvalue weighted by Gasteiger charge is -2.15. The van der Waals surface area contributed by atoms with E-state index in [9.17, 15) is 4.79 Å². The van der Waals surface area contributed by atoms with Gasteiger partial charge in [0.05, 0.1) is 12.7 Å². The van der Waals surface area contributed by atoms with Crippen LogP contribution in [-0.2, 0) is 11.3 Å². The number of nitrogens with one attached hydrogen (secondary N) is 1. The molecule has 0 radical (unpaired) electrons. The van der Waals surface area contributed by atoms with Crippen molar-refractivity contribution in [3.05, 3.63) is 35.6 Å². The molecule has 1 heterocycles. The van der Waals surface area contributed by atoms with Crippen molar-refractivity contribution >= 4 is 16.9 Å². The first-order chi connectivity index (χ1) is 10.0. The predicted octanol–water partition coefficient (Wildman–Crippen LogP) is 2.99. The van der Waals surface area contributed by atoms with Crippen molar-refractivity contribution in [2.75, 3.05) is 0 Å². The number of carbonyl (C=O) groups excluding carboxylic acids is 1. The van der Waals surface area contributed by atoms with Gasteiger partial charge in [-0.2, -0.15) is 0 Å². The molecule has 3 N–H and O–H groups in total. The molecule has 1 atom stereocenters. The fraction of sp³-hybridized carbons (Fsp3) is 0.438. The average molecular weight is 290 g/mol. The Hall–Kier alpha value is -1.85. The minimum atomic E-state index is -0.443. The first kappa shape index (κ1) is 15.5. The van der Waals surface area contributed by atoms with Crippen molar-refractivity contribution in [3.63, 3.8) is 0 Å². The third-order valence-electron chi connectivity index (χ3n) is 3.35. The first-order valence-electron chi connectivity index (χ1n) is 7.15. The van der Waals surface area contributed by atoms with Crippen LogP contribution in [0.2, 0.25) is 0 Å². The second-order valence-corrected chi connectivity index (χ2v) is 5.63. The molecule has 0 saturated heterocycles. The highest BCUT2D eigenvalue weighted by molar-refractivity contribution is 5.98. The summed E-state index contributed by atoms with van der Waals surface area (Å²) in [6.07, 6.45) is 1.08. The van der Waals surface area contributed by atoms with Crippen molar-refractivity contribution in [1.82, 2.24) is 5.43 Å². The molecule has 2 aromatic rings. The number of benzene rings is 1. The highest BCUT2D eigenvalue weighted by atomic mass is 16.5. The molecule has 1 aromatic carbocycles. The van der Waals surface area contributed by atoms with E-state index < -0.39 is 5.91 Å². The van der Waals surface area contributed by atoms with Crippen LogP contribution in [0.25, 0.3) is 11.0 Å². The minimum Gasteiger partial charge on any atom is -0.450 e. The summed E-state index contributed by atoms with van der Waals surface area (Å²) in [4.78, 5) is 11.8. The van der Waals surface area contributed by atoms with E-state index >= 15 is 0 Å². The molecule has 0 spiro atoms. The molecule has 1 amide bonds. The van der Waals surface area contributed by atoms with Gasteiger partial charge in [-0.1, -0.05) is 32.0 Å². The number of hydrogen-bond acceptors (Lipinski definition) is 4. The van der Waals surface area contributed by atoms with E-state index in [2.05, 4.69) is 19.3 Å². The lowest BCUT2D eigenvalue weighted by Crippen LogP contribution is -2.30. The number of nitrogen functional groups attached to an aromatic ring is 1. The zero-order valence-electron chi connectivity index (χ0n) is 12.7. The van der Waals surface area contributed by atoms with Crippen LogP contribution in [0, 0.1) is 5.92 Å². The van der Waals surface area contributed by atoms with E-state index in [0.717, 1.165) is 17.4 Å². The fourth-order valence-electron chi connectivity index (χ4n) is 2.45. The number of nitrogens with two attached hydrogens (primary N) is 1. The van der Waals surface area contributed by atoms with Gasteiger partial charge in [0, 0.05) is 10.9 Å². The van der Waals surface area contributed by atoms with Gasteiger partial charge in [0.2, 0.25) is 0 Å². The zero-order valence-corrected chi connectivity index (χ0v) is 12.7. The molecule has 0 aliphatic heterocycles. The summed E-state index contributed by atoms with van der Waals surface area (Å²) < 4.78 is 11.5. The minimum absolute atomic E-state index is 0.118. The number of rotatable bonds is 6. The van der Waals surface area contributed by atoms with Crippen molar-refractivity contribution in [1.29, 1.82) is 0 Å². The Labute approximate surface area is 124 Å². The molecule has 0 bridgehead atoms. The Kier molecular flexibility index (Phi) is 4.98. The number of amides is 1.